The van der Waals surface area contributed by atoms with E-state index in [-0.39, 0.29) is 17.6 Å². The van der Waals surface area contributed by atoms with Crippen LogP contribution < -0.4 is 10.6 Å². The number of hydrogen-bond acceptors (Lipinski definition) is 5. The summed E-state index contributed by atoms with van der Waals surface area (Å²) in [5.74, 6) is 0.815. The molecule has 0 saturated heterocycles. The first kappa shape index (κ1) is 16.4. The lowest BCUT2D eigenvalue weighted by Gasteiger charge is -2.13. The SMILES string of the molecule is CCC(C)Nc1cc(C(=O)Nc2cccc(C#N)c2)nc(C)n1. The van der Waals surface area contributed by atoms with Crippen LogP contribution in [0.15, 0.2) is 30.3 Å². The molecule has 0 aliphatic heterocycles. The van der Waals surface area contributed by atoms with Gasteiger partial charge in [0.25, 0.3) is 5.91 Å². The van der Waals surface area contributed by atoms with E-state index in [0.29, 0.717) is 22.9 Å². The lowest BCUT2D eigenvalue weighted by atomic mass is 10.2. The molecule has 6 nitrogen and oxygen atoms in total. The van der Waals surface area contributed by atoms with Crippen LogP contribution in [0.25, 0.3) is 0 Å². The van der Waals surface area contributed by atoms with Gasteiger partial charge in [0.05, 0.1) is 11.6 Å². The van der Waals surface area contributed by atoms with Gasteiger partial charge in [0.1, 0.15) is 17.3 Å². The molecule has 0 fully saturated rings. The van der Waals surface area contributed by atoms with Crippen molar-refractivity contribution < 1.29 is 4.79 Å². The van der Waals surface area contributed by atoms with Crippen molar-refractivity contribution in [3.8, 4) is 6.07 Å². The van der Waals surface area contributed by atoms with Crippen molar-refractivity contribution in [2.75, 3.05) is 10.6 Å². The number of rotatable bonds is 5. The highest BCUT2D eigenvalue weighted by molar-refractivity contribution is 6.03. The second kappa shape index (κ2) is 7.36. The molecule has 1 amide bonds. The Morgan fingerprint density at radius 2 is 2.13 bits per heavy atom. The molecule has 0 saturated carbocycles. The minimum Gasteiger partial charge on any atom is -0.368 e. The molecule has 1 unspecified atom stereocenters. The Bertz CT molecular complexity index is 751. The zero-order valence-electron chi connectivity index (χ0n) is 13.4. The number of nitriles is 1. The van der Waals surface area contributed by atoms with Gasteiger partial charge in [-0.15, -0.1) is 0 Å². The molecule has 1 aromatic carbocycles. The van der Waals surface area contributed by atoms with E-state index in [2.05, 4.69) is 27.5 Å². The molecule has 0 aliphatic rings. The van der Waals surface area contributed by atoms with E-state index < -0.39 is 0 Å². The smallest absolute Gasteiger partial charge is 0.274 e. The molecule has 2 aromatic rings. The number of nitrogens with one attached hydrogen (secondary N) is 2. The van der Waals surface area contributed by atoms with Crippen molar-refractivity contribution in [3.63, 3.8) is 0 Å². The lowest BCUT2D eigenvalue weighted by Crippen LogP contribution is -2.18. The van der Waals surface area contributed by atoms with Gasteiger partial charge < -0.3 is 10.6 Å². The normalized spacial score (nSPS) is 11.4. The summed E-state index contributed by atoms with van der Waals surface area (Å²) in [4.78, 5) is 20.8. The van der Waals surface area contributed by atoms with Crippen LogP contribution in [0, 0.1) is 18.3 Å². The van der Waals surface area contributed by atoms with Gasteiger partial charge in [-0.3, -0.25) is 4.79 Å². The molecule has 118 valence electrons. The highest BCUT2D eigenvalue weighted by Crippen LogP contribution is 2.13. The molecule has 1 aromatic heterocycles. The van der Waals surface area contributed by atoms with Crippen molar-refractivity contribution in [1.29, 1.82) is 5.26 Å². The minimum atomic E-state index is -0.335. The Labute approximate surface area is 135 Å². The summed E-state index contributed by atoms with van der Waals surface area (Å²) in [6.07, 6.45) is 0.950. The van der Waals surface area contributed by atoms with Crippen molar-refractivity contribution in [2.45, 2.75) is 33.2 Å². The van der Waals surface area contributed by atoms with Crippen LogP contribution in [0.5, 0.6) is 0 Å². The first-order chi connectivity index (χ1) is 11.0. The van der Waals surface area contributed by atoms with Gasteiger partial charge in [0.15, 0.2) is 0 Å². The van der Waals surface area contributed by atoms with Crippen molar-refractivity contribution in [1.82, 2.24) is 9.97 Å². The molecule has 1 atom stereocenters. The first-order valence-electron chi connectivity index (χ1n) is 7.45. The van der Waals surface area contributed by atoms with Crippen LogP contribution in [0.1, 0.15) is 42.1 Å². The lowest BCUT2D eigenvalue weighted by molar-refractivity contribution is 0.102. The molecule has 0 aliphatic carbocycles. The number of benzene rings is 1. The Morgan fingerprint density at radius 3 is 2.83 bits per heavy atom. The average Bonchev–Trinajstić information content (AvgIpc) is 2.54. The zero-order chi connectivity index (χ0) is 16.8. The van der Waals surface area contributed by atoms with Crippen LogP contribution in [0.4, 0.5) is 11.5 Å². The Hall–Kier alpha value is -2.94. The highest BCUT2D eigenvalue weighted by Gasteiger charge is 2.12. The quantitative estimate of drug-likeness (QED) is 0.885. The summed E-state index contributed by atoms with van der Waals surface area (Å²) in [6.45, 7) is 5.86. The summed E-state index contributed by atoms with van der Waals surface area (Å²) in [6, 6.07) is 10.7. The first-order valence-corrected chi connectivity index (χ1v) is 7.45. The Morgan fingerprint density at radius 1 is 1.35 bits per heavy atom. The van der Waals surface area contributed by atoms with Crippen LogP contribution in [-0.2, 0) is 0 Å². The third kappa shape index (κ3) is 4.51. The molecule has 6 heteroatoms. The average molecular weight is 309 g/mol. The predicted octanol–water partition coefficient (Wildman–Crippen LogP) is 3.12. The molecule has 2 rings (SSSR count). The summed E-state index contributed by atoms with van der Waals surface area (Å²) in [7, 11) is 0. The van der Waals surface area contributed by atoms with E-state index in [9.17, 15) is 4.79 Å². The fourth-order valence-corrected chi connectivity index (χ4v) is 1.97. The van der Waals surface area contributed by atoms with Gasteiger partial charge in [-0.1, -0.05) is 13.0 Å². The van der Waals surface area contributed by atoms with Crippen LogP contribution >= 0.6 is 0 Å². The summed E-state index contributed by atoms with van der Waals surface area (Å²) < 4.78 is 0. The topological polar surface area (TPSA) is 90.7 Å². The second-order valence-corrected chi connectivity index (χ2v) is 5.29. The van der Waals surface area contributed by atoms with Gasteiger partial charge >= 0.3 is 0 Å². The molecular formula is C17H19N5O. The van der Waals surface area contributed by atoms with E-state index in [4.69, 9.17) is 5.26 Å². The fourth-order valence-electron chi connectivity index (χ4n) is 1.97. The van der Waals surface area contributed by atoms with Gasteiger partial charge in [-0.05, 0) is 38.5 Å². The van der Waals surface area contributed by atoms with E-state index >= 15 is 0 Å². The molecule has 0 spiro atoms. The van der Waals surface area contributed by atoms with E-state index in [1.807, 2.05) is 13.0 Å². The third-order valence-electron chi connectivity index (χ3n) is 3.33. The molecule has 2 N–H and O–H groups in total. The monoisotopic (exact) mass is 309 g/mol. The maximum atomic E-state index is 12.4. The summed E-state index contributed by atoms with van der Waals surface area (Å²) >= 11 is 0. The second-order valence-electron chi connectivity index (χ2n) is 5.29. The maximum absolute atomic E-state index is 12.4. The number of aryl methyl sites for hydroxylation is 1. The number of anilines is 2. The van der Waals surface area contributed by atoms with Crippen LogP contribution in [-0.4, -0.2) is 21.9 Å². The summed E-state index contributed by atoms with van der Waals surface area (Å²) in [5.41, 5.74) is 1.33. The van der Waals surface area contributed by atoms with Crippen molar-refractivity contribution in [3.05, 3.63) is 47.4 Å². The minimum absolute atomic E-state index is 0.257. The molecular weight excluding hydrogens is 290 g/mol. The summed E-state index contributed by atoms with van der Waals surface area (Å²) in [5, 5.41) is 14.9. The predicted molar refractivity (Wildman–Crippen MR) is 89.3 cm³/mol. The number of carbonyl (C=O) groups is 1. The molecule has 1 heterocycles. The highest BCUT2D eigenvalue weighted by atomic mass is 16.1. The van der Waals surface area contributed by atoms with Gasteiger partial charge in [0.2, 0.25) is 0 Å². The Balaban J connectivity index is 2.20. The molecule has 0 radical (unpaired) electrons. The molecule has 0 bridgehead atoms. The van der Waals surface area contributed by atoms with Gasteiger partial charge in [0, 0.05) is 17.8 Å². The van der Waals surface area contributed by atoms with Crippen LogP contribution in [0.2, 0.25) is 0 Å². The number of hydrogen-bond donors (Lipinski definition) is 2. The number of amides is 1. The largest absolute Gasteiger partial charge is 0.368 e. The standard InChI is InChI=1S/C17H19N5O/c1-4-11(2)19-16-9-15(20-12(3)21-16)17(23)22-14-7-5-6-13(8-14)10-18/h5-9,11H,4H2,1-3H3,(H,22,23)(H,19,20,21). The third-order valence-corrected chi connectivity index (χ3v) is 3.33. The number of nitrogens with zero attached hydrogens (tertiary/aromatic N) is 3. The van der Waals surface area contributed by atoms with Crippen molar-refractivity contribution in [2.24, 2.45) is 0 Å². The Kier molecular flexibility index (Phi) is 5.26. The number of carbonyl (C=O) groups excluding carboxylic acids is 1. The number of aromatic nitrogens is 2. The van der Waals surface area contributed by atoms with E-state index in [0.717, 1.165) is 6.42 Å². The van der Waals surface area contributed by atoms with E-state index in [1.54, 1.807) is 37.3 Å². The molecule has 23 heavy (non-hydrogen) atoms. The van der Waals surface area contributed by atoms with E-state index in [1.165, 1.54) is 0 Å². The van der Waals surface area contributed by atoms with Gasteiger partial charge in [-0.25, -0.2) is 9.97 Å². The van der Waals surface area contributed by atoms with Gasteiger partial charge in [-0.2, -0.15) is 5.26 Å². The fraction of sp³-hybridized carbons (Fsp3) is 0.294. The zero-order valence-corrected chi connectivity index (χ0v) is 13.4. The maximum Gasteiger partial charge on any atom is 0.274 e. The van der Waals surface area contributed by atoms with Crippen LogP contribution in [0.3, 0.4) is 0 Å². The van der Waals surface area contributed by atoms with Crippen molar-refractivity contribution >= 4 is 17.4 Å².